The lowest BCUT2D eigenvalue weighted by Crippen LogP contribution is -2.51. The Bertz CT molecular complexity index is 2040. The Morgan fingerprint density at radius 1 is 0.877 bits per heavy atom. The molecular weight excluding hydrogens is 993 g/mol. The number of esters is 2. The third-order valence-corrected chi connectivity index (χ3v) is 15.2. The van der Waals surface area contributed by atoms with Gasteiger partial charge in [-0.3, -0.25) is 28.0 Å². The molecule has 3 rings (SSSR count). The van der Waals surface area contributed by atoms with Crippen molar-refractivity contribution in [2.75, 3.05) is 25.6 Å². The molecule has 0 radical (unpaired) electrons. The van der Waals surface area contributed by atoms with E-state index < -0.39 is 120 Å². The monoisotopic (exact) mass is 1080 g/mol. The van der Waals surface area contributed by atoms with Gasteiger partial charge in [-0.2, -0.15) is 9.29 Å². The molecule has 23 heteroatoms. The summed E-state index contributed by atoms with van der Waals surface area (Å²) in [6.07, 6.45) is 15.6. The molecule has 416 valence electrons. The number of anilines is 1. The summed E-state index contributed by atoms with van der Waals surface area (Å²) in [6.45, 7) is 1.43. The number of allylic oxidation sites excluding steroid dienone is 4. The van der Waals surface area contributed by atoms with E-state index >= 15 is 0 Å². The van der Waals surface area contributed by atoms with Crippen molar-refractivity contribution in [3.63, 3.8) is 0 Å². The predicted octanol–water partition coefficient (Wildman–Crippen LogP) is 7.37. The number of ketones is 1. The van der Waals surface area contributed by atoms with E-state index in [9.17, 15) is 58.5 Å². The number of hydrogen-bond donors (Lipinski definition) is 7. The van der Waals surface area contributed by atoms with Crippen molar-refractivity contribution in [1.29, 1.82) is 0 Å². The van der Waals surface area contributed by atoms with Crippen LogP contribution < -0.4 is 11.4 Å². The van der Waals surface area contributed by atoms with E-state index in [2.05, 4.69) is 28.4 Å². The van der Waals surface area contributed by atoms with Gasteiger partial charge in [-0.15, -0.1) is 0 Å². The number of unbranched alkanes of at least 4 members (excludes halogenated alkanes) is 13. The third kappa shape index (κ3) is 25.8. The van der Waals surface area contributed by atoms with Crippen LogP contribution in [0.5, 0.6) is 0 Å². The Labute approximate surface area is 429 Å². The van der Waals surface area contributed by atoms with E-state index in [1.54, 1.807) is 12.2 Å². The fourth-order valence-corrected chi connectivity index (χ4v) is 10.5. The summed E-state index contributed by atoms with van der Waals surface area (Å²) in [6, 6.07) is 1.23. The summed E-state index contributed by atoms with van der Waals surface area (Å²) in [5, 5.41) is 45.7. The van der Waals surface area contributed by atoms with Gasteiger partial charge in [0.2, 0.25) is 0 Å². The number of rotatable bonds is 24. The van der Waals surface area contributed by atoms with Gasteiger partial charge in [0.1, 0.15) is 36.6 Å². The zero-order valence-corrected chi connectivity index (χ0v) is 44.4. The van der Waals surface area contributed by atoms with Crippen LogP contribution in [0.2, 0.25) is 0 Å². The van der Waals surface area contributed by atoms with E-state index in [4.69, 9.17) is 29.0 Å². The summed E-state index contributed by atoms with van der Waals surface area (Å²) in [5.41, 5.74) is 4.74. The average Bonchev–Trinajstić information content (AvgIpc) is 3.33. The fourth-order valence-electron chi connectivity index (χ4n) is 8.36. The molecular formula is C50H83N3O18P2. The largest absolute Gasteiger partial charge is 0.481 e. The summed E-state index contributed by atoms with van der Waals surface area (Å²) < 4.78 is 58.8. The van der Waals surface area contributed by atoms with Crippen LogP contribution in [0.3, 0.4) is 0 Å². The van der Waals surface area contributed by atoms with E-state index in [-0.39, 0.29) is 37.9 Å². The van der Waals surface area contributed by atoms with Crippen LogP contribution >= 0.6 is 15.6 Å². The van der Waals surface area contributed by atoms with Crippen molar-refractivity contribution in [3.05, 3.63) is 59.2 Å². The fraction of sp³-hybridized carbons (Fsp3) is 0.740. The Hall–Kier alpha value is -3.43. The van der Waals surface area contributed by atoms with Crippen LogP contribution in [-0.2, 0) is 51.1 Å². The van der Waals surface area contributed by atoms with Crippen LogP contribution in [0.1, 0.15) is 168 Å². The minimum atomic E-state index is -5.72. The number of carbonyl (C=O) groups excluding carboxylic acids is 3. The number of carbonyl (C=O) groups is 3. The maximum Gasteiger partial charge on any atom is 0.481 e. The van der Waals surface area contributed by atoms with Crippen molar-refractivity contribution in [2.45, 2.75) is 204 Å². The van der Waals surface area contributed by atoms with Crippen LogP contribution in [0.15, 0.2) is 53.5 Å². The molecule has 11 atom stereocenters. The van der Waals surface area contributed by atoms with Crippen molar-refractivity contribution in [3.8, 4) is 0 Å². The Morgan fingerprint density at radius 2 is 1.51 bits per heavy atom. The molecule has 21 nitrogen and oxygen atoms in total. The lowest BCUT2D eigenvalue weighted by atomic mass is 9.83. The number of phosphoric acid groups is 2. The second-order valence-corrected chi connectivity index (χ2v) is 21.8. The van der Waals surface area contributed by atoms with Gasteiger partial charge in [-0.1, -0.05) is 121 Å². The molecule has 3 heterocycles. The number of fused-ring (bicyclic) bond motifs is 3. The lowest BCUT2D eigenvalue weighted by molar-refractivity contribution is -0.186. The van der Waals surface area contributed by atoms with Crippen molar-refractivity contribution in [2.24, 2.45) is 11.8 Å². The molecule has 0 spiro atoms. The molecule has 1 fully saturated rings. The molecule has 0 saturated carbocycles. The zero-order valence-electron chi connectivity index (χ0n) is 42.6. The number of nitrogens with zero attached hydrogens (tertiary/aromatic N) is 2. The van der Waals surface area contributed by atoms with E-state index in [1.807, 2.05) is 6.92 Å². The average molecular weight is 1080 g/mol. The first-order valence-corrected chi connectivity index (χ1v) is 29.1. The normalized spacial score (nSPS) is 29.0. The molecule has 0 aliphatic carbocycles. The van der Waals surface area contributed by atoms with Crippen LogP contribution in [0.4, 0.5) is 5.82 Å². The summed E-state index contributed by atoms with van der Waals surface area (Å²) in [5.74, 6) is -5.21. The first kappa shape index (κ1) is 63.9. The topological polar surface area (TPSA) is 323 Å². The second-order valence-electron chi connectivity index (χ2n) is 18.8. The van der Waals surface area contributed by atoms with Gasteiger partial charge in [0.05, 0.1) is 37.4 Å². The molecule has 1 saturated heterocycles. The number of ether oxygens (including phenoxy) is 3. The lowest BCUT2D eigenvalue weighted by Gasteiger charge is -2.39. The summed E-state index contributed by atoms with van der Waals surface area (Å²) in [7, 11) is -11.3. The number of cyclic esters (lactones) is 1. The van der Waals surface area contributed by atoms with Crippen molar-refractivity contribution >= 4 is 39.2 Å². The van der Waals surface area contributed by atoms with Gasteiger partial charge in [0, 0.05) is 31.4 Å². The van der Waals surface area contributed by atoms with Gasteiger partial charge in [0.25, 0.3) is 0 Å². The van der Waals surface area contributed by atoms with Gasteiger partial charge < -0.3 is 50.2 Å². The quantitative estimate of drug-likeness (QED) is 0.0230. The number of aliphatic hydroxyl groups excluding tert-OH is 4. The third-order valence-electron chi connectivity index (χ3n) is 12.6. The van der Waals surface area contributed by atoms with E-state index in [0.717, 1.165) is 75.0 Å². The van der Waals surface area contributed by atoms with Gasteiger partial charge in [-0.05, 0) is 63.9 Å². The molecule has 1 aromatic rings. The van der Waals surface area contributed by atoms with Crippen molar-refractivity contribution < 1.29 is 81.3 Å². The maximum atomic E-state index is 13.9. The predicted molar refractivity (Wildman–Crippen MR) is 271 cm³/mol. The van der Waals surface area contributed by atoms with Crippen molar-refractivity contribution in [1.82, 2.24) is 9.55 Å². The molecule has 2 aliphatic heterocycles. The Balaban J connectivity index is 1.77. The van der Waals surface area contributed by atoms with Crippen LogP contribution in [0, 0.1) is 11.8 Å². The summed E-state index contributed by atoms with van der Waals surface area (Å²) >= 11 is 0. The van der Waals surface area contributed by atoms with E-state index in [0.29, 0.717) is 19.3 Å². The number of phosphoric ester groups is 2. The molecule has 0 aromatic carbocycles. The standard InChI is InChI=1S/C50H83N3O18P2/c1-3-5-7-8-9-10-11-12-13-14-15-16-17-18-23-27-45(57)66-34-38-35-67-72(62,63)71-73(64,65)68-36-43-48(60)47(59)39(30-29-37(54)25-21-6-4-2)41(55)33-42(56)40(26-22-19-20-24-28-46(58)69-38)49(70-43)53-32-31-44(51)52-50(53)61/h10-11,19,22,29-32,37-40,42-43,47-49,54,56,59-60H,3-9,12-18,20-21,23-28,33-36H2,1-2H3,(H,62,63)(H,64,65)(H2,51,52,61)/b11-10-,22-19?,30-29?/t37-,38+,39-,40-,42-,43+,47-,48+,49+/m0/s1. The molecule has 8 N–H and O–H groups in total. The van der Waals surface area contributed by atoms with Gasteiger partial charge in [0.15, 0.2) is 6.10 Å². The second kappa shape index (κ2) is 35.0. The molecule has 2 unspecified atom stereocenters. The molecule has 73 heavy (non-hydrogen) atoms. The SMILES string of the molecule is CCCCCC/C=C\CCCCCCCCCC(=O)OC[C@@H]1COP(=O)(O)OP(=O)(O)OC[C@H]2O[C@@H](n3ccc(N)nc3=O)[C@@H](CC=CCCCC(=O)O1)[C@@H](O)CC(=O)[C@H](C=C[C@@H](O)CCCCC)[C@H](O)[C@@H]2O. The molecule has 2 aliphatic rings. The zero-order chi connectivity index (χ0) is 53.7. The number of nitrogens with two attached hydrogens (primary N) is 1. The number of aliphatic hydroxyl groups is 4. The molecule has 1 aromatic heterocycles. The Morgan fingerprint density at radius 3 is 2.18 bits per heavy atom. The minimum Gasteiger partial charge on any atom is -0.462 e. The minimum absolute atomic E-state index is 0.0716. The van der Waals surface area contributed by atoms with E-state index in [1.165, 1.54) is 43.9 Å². The van der Waals surface area contributed by atoms with Crippen LogP contribution in [0.25, 0.3) is 0 Å². The highest BCUT2D eigenvalue weighted by Crippen LogP contribution is 2.60. The highest BCUT2D eigenvalue weighted by Gasteiger charge is 2.45. The van der Waals surface area contributed by atoms with Gasteiger partial charge >= 0.3 is 33.3 Å². The summed E-state index contributed by atoms with van der Waals surface area (Å²) in [4.78, 5) is 78.0. The molecule has 0 amide bonds. The van der Waals surface area contributed by atoms with Gasteiger partial charge in [-0.25, -0.2) is 13.9 Å². The number of nitrogen functional groups attached to an aromatic ring is 1. The van der Waals surface area contributed by atoms with Crippen LogP contribution in [-0.4, -0.2) is 114 Å². The first-order chi connectivity index (χ1) is 34.9. The number of aromatic nitrogens is 2. The highest BCUT2D eigenvalue weighted by molar-refractivity contribution is 7.61. The maximum absolute atomic E-state index is 13.9. The first-order valence-electron chi connectivity index (χ1n) is 26.1. The smallest absolute Gasteiger partial charge is 0.462 e. The Kier molecular flexibility index (Phi) is 30.6. The number of Topliss-reactive ketones (excluding diaryl/α,β-unsaturated/α-hetero) is 1. The molecule has 2 bridgehead atoms. The number of hydrogen-bond acceptors (Lipinski definition) is 18. The highest BCUT2D eigenvalue weighted by atomic mass is 31.3.